The Balaban J connectivity index is 0.000000110. The summed E-state index contributed by atoms with van der Waals surface area (Å²) in [5.74, 6) is 0. The minimum absolute atomic E-state index is 0.409. The second kappa shape index (κ2) is 39.9. The fourth-order valence-electron chi connectivity index (χ4n) is 16.6. The second-order valence-corrected chi connectivity index (χ2v) is 49.2. The van der Waals surface area contributed by atoms with Crippen molar-refractivity contribution in [3.63, 3.8) is 0 Å². The summed E-state index contributed by atoms with van der Waals surface area (Å²) in [5, 5.41) is 26.0. The summed E-state index contributed by atoms with van der Waals surface area (Å²) in [6.07, 6.45) is 0. The number of benzene rings is 14. The predicted octanol–water partition coefficient (Wildman–Crippen LogP) is 32.6. The van der Waals surface area contributed by atoms with Crippen LogP contribution in [-0.4, -0.2) is 39.1 Å². The molecule has 1 aliphatic heterocycles. The molecule has 130 heavy (non-hydrogen) atoms. The third-order valence-corrected chi connectivity index (χ3v) is 40.3. The molecule has 0 bridgehead atoms. The molecule has 18 heteroatoms. The molecule has 8 aromatic heterocycles. The molecule has 633 valence electrons. The van der Waals surface area contributed by atoms with Crippen LogP contribution in [0.2, 0.25) is 0 Å². The number of hydrogen-bond donors (Lipinski definition) is 1. The summed E-state index contributed by atoms with van der Waals surface area (Å²) >= 11 is 24.9. The van der Waals surface area contributed by atoms with Crippen LogP contribution in [0.5, 0.6) is 5.06 Å². The van der Waals surface area contributed by atoms with Gasteiger partial charge < -0.3 is 19.0 Å². The summed E-state index contributed by atoms with van der Waals surface area (Å²) in [6.45, 7) is 8.44. The average Bonchev–Trinajstić information content (AvgIpc) is 1.35. The number of thiophene rings is 8. The summed E-state index contributed by atoms with van der Waals surface area (Å²) in [7, 11) is -2.12. The average molecular weight is 2040 g/mol. The van der Waals surface area contributed by atoms with E-state index in [-0.39, 0.29) is 0 Å². The van der Waals surface area contributed by atoms with E-state index >= 15 is 0 Å². The van der Waals surface area contributed by atoms with Crippen molar-refractivity contribution in [2.45, 2.75) is 38.9 Å². The van der Waals surface area contributed by atoms with E-state index < -0.39 is 26.4 Å². The molecule has 1 saturated heterocycles. The van der Waals surface area contributed by atoms with Crippen LogP contribution < -0.4 is 30.2 Å². The molecule has 1 fully saturated rings. The van der Waals surface area contributed by atoms with E-state index in [1.54, 1.807) is 45.3 Å². The Labute approximate surface area is 817 Å². The molecule has 4 nitrogen and oxygen atoms in total. The highest BCUT2D eigenvalue weighted by atomic mass is 79.9. The normalized spacial score (nSPS) is 12.7. The zero-order valence-corrected chi connectivity index (χ0v) is 83.4. The number of hydrogen-bond acceptors (Lipinski definition) is 12. The van der Waals surface area contributed by atoms with Gasteiger partial charge in [-0.05, 0) is 299 Å². The van der Waals surface area contributed by atoms with E-state index in [0.29, 0.717) is 12.7 Å². The molecule has 9 heterocycles. The van der Waals surface area contributed by atoms with Gasteiger partial charge in [-0.3, -0.25) is 0 Å². The van der Waals surface area contributed by atoms with E-state index in [4.69, 9.17) is 19.0 Å². The van der Waals surface area contributed by atoms with Crippen molar-refractivity contribution in [2.75, 3.05) is 0 Å². The molecule has 0 spiro atoms. The highest BCUT2D eigenvalue weighted by Gasteiger charge is 2.52. The van der Waals surface area contributed by atoms with Crippen molar-refractivity contribution in [2.24, 2.45) is 0 Å². The van der Waals surface area contributed by atoms with Crippen LogP contribution in [-0.2, 0) is 9.31 Å². The maximum Gasteiger partial charge on any atom is 0.569 e. The first kappa shape index (κ1) is 88.7. The largest absolute Gasteiger partial charge is 0.569 e. The van der Waals surface area contributed by atoms with Crippen molar-refractivity contribution >= 4 is 241 Å². The SMILES string of the molecule is Brc1ccc(-c2ccc(-c3ccc4ccccc4c3)s2)s1.Brc1ccc(-c2ccc(-c3ccccc3)s2)s1.Brc1ccc(-c2ccc([Si](c3ccccc3)(c3ccccc3)c3ccccc3)s2)s1.CC1(C)OB(c2ccc3c(-c4ccc5ccccc5c4)c4ccccc4c(-c4ccc5ccccc5c4)c3c2)OC1(C)C.O[B]Oc1ccc(-c2ccc(-c3ccccc3)s2)s1. The summed E-state index contributed by atoms with van der Waals surface area (Å²) in [4.78, 5) is 14.2. The first-order valence-electron chi connectivity index (χ1n) is 42.5. The lowest BCUT2D eigenvalue weighted by atomic mass is 9.76. The summed E-state index contributed by atoms with van der Waals surface area (Å²) in [6, 6.07) is 150. The molecule has 0 saturated carbocycles. The molecule has 0 amide bonds. The van der Waals surface area contributed by atoms with Gasteiger partial charge in [-0.15, -0.1) is 79.4 Å². The fraction of sp³-hybridized carbons (Fsp3) is 0.0536. The number of halogens is 3. The Hall–Kier alpha value is -10.6. The van der Waals surface area contributed by atoms with Crippen molar-refractivity contribution < 1.29 is 19.0 Å². The lowest BCUT2D eigenvalue weighted by molar-refractivity contribution is 0.00578. The maximum absolute atomic E-state index is 8.61. The van der Waals surface area contributed by atoms with Gasteiger partial charge in [0.25, 0.3) is 0 Å². The first-order chi connectivity index (χ1) is 63.6. The van der Waals surface area contributed by atoms with Gasteiger partial charge >= 0.3 is 14.8 Å². The Morgan fingerprint density at radius 2 is 0.585 bits per heavy atom. The predicted molar refractivity (Wildman–Crippen MR) is 583 cm³/mol. The monoisotopic (exact) mass is 2030 g/mol. The van der Waals surface area contributed by atoms with Crippen molar-refractivity contribution in [1.29, 1.82) is 0 Å². The minimum atomic E-state index is -2.39. The van der Waals surface area contributed by atoms with Gasteiger partial charge in [0.1, 0.15) is 0 Å². The molecule has 0 aliphatic carbocycles. The topological polar surface area (TPSA) is 47.9 Å². The molecular weight excluding hydrogens is 1960 g/mol. The van der Waals surface area contributed by atoms with Crippen LogP contribution in [0.3, 0.4) is 0 Å². The quantitative estimate of drug-likeness (QED) is 0.0595. The maximum atomic E-state index is 8.61. The minimum Gasteiger partial charge on any atom is -0.530 e. The lowest BCUT2D eigenvalue weighted by Crippen LogP contribution is -2.74. The Morgan fingerprint density at radius 3 is 1.00 bits per heavy atom. The molecular formula is C112H82B2Br3O4S8Si. The second-order valence-electron chi connectivity index (χ2n) is 32.3. The molecule has 0 unspecified atom stereocenters. The van der Waals surface area contributed by atoms with Gasteiger partial charge in [0.05, 0.1) is 22.6 Å². The van der Waals surface area contributed by atoms with Crippen LogP contribution in [0.1, 0.15) is 27.7 Å². The van der Waals surface area contributed by atoms with E-state index in [2.05, 4.69) is 458 Å². The van der Waals surface area contributed by atoms with Crippen molar-refractivity contribution in [3.05, 3.63) is 430 Å². The molecule has 1 N–H and O–H groups in total. The van der Waals surface area contributed by atoms with E-state index in [9.17, 15) is 0 Å². The van der Waals surface area contributed by atoms with Crippen LogP contribution in [0.25, 0.3) is 146 Å². The molecule has 23 rings (SSSR count). The van der Waals surface area contributed by atoms with Gasteiger partial charge in [-0.1, -0.05) is 321 Å². The molecule has 22 aromatic rings. The van der Waals surface area contributed by atoms with E-state index in [1.807, 2.05) is 70.4 Å². The molecule has 1 radical (unpaired) electrons. The lowest BCUT2D eigenvalue weighted by Gasteiger charge is -2.32. The van der Waals surface area contributed by atoms with E-state index in [1.165, 1.54) is 184 Å². The van der Waals surface area contributed by atoms with Crippen LogP contribution in [0, 0.1) is 0 Å². The van der Waals surface area contributed by atoms with Gasteiger partial charge in [0.2, 0.25) is 0 Å². The molecule has 1 aliphatic rings. The van der Waals surface area contributed by atoms with Crippen molar-refractivity contribution in [1.82, 2.24) is 0 Å². The van der Waals surface area contributed by atoms with Gasteiger partial charge in [0.15, 0.2) is 13.1 Å². The smallest absolute Gasteiger partial charge is 0.530 e. The van der Waals surface area contributed by atoms with Gasteiger partial charge in [-0.25, -0.2) is 0 Å². The van der Waals surface area contributed by atoms with Crippen molar-refractivity contribution in [3.8, 4) is 97.7 Å². The Bertz CT molecular complexity index is 7560. The fourth-order valence-corrected chi connectivity index (χ4v) is 32.0. The molecule has 14 aromatic carbocycles. The van der Waals surface area contributed by atoms with Gasteiger partial charge in [-0.2, -0.15) is 0 Å². The Morgan fingerprint density at radius 1 is 0.269 bits per heavy atom. The van der Waals surface area contributed by atoms with Gasteiger partial charge in [0, 0.05) is 58.1 Å². The first-order valence-corrected chi connectivity index (χ1v) is 53.5. The van der Waals surface area contributed by atoms with Crippen LogP contribution >= 0.6 is 138 Å². The third kappa shape index (κ3) is 19.3. The van der Waals surface area contributed by atoms with Crippen LogP contribution in [0.15, 0.2) is 430 Å². The van der Waals surface area contributed by atoms with E-state index in [0.717, 1.165) is 10.3 Å². The third-order valence-electron chi connectivity index (χ3n) is 23.7. The number of rotatable bonds is 16. The highest BCUT2D eigenvalue weighted by molar-refractivity contribution is 9.11. The zero-order chi connectivity index (χ0) is 88.7. The highest BCUT2D eigenvalue weighted by Crippen LogP contribution is 2.48. The summed E-state index contributed by atoms with van der Waals surface area (Å²) < 4.78 is 23.0. The summed E-state index contributed by atoms with van der Waals surface area (Å²) in [5.41, 5.74) is 8.94. The Kier molecular flexibility index (Phi) is 27.2. The van der Waals surface area contributed by atoms with Crippen LogP contribution in [0.4, 0.5) is 0 Å². The number of fused-ring (bicyclic) bond motifs is 5. The zero-order valence-electron chi connectivity index (χ0n) is 71.1. The molecule has 0 atom stereocenters. The standard InChI is InChI=1S/C40H33BO2.C26H19BrS2Si.C18H11BrS2.C14H10BO2S2.C14H9BrS2/c1-39(2)40(3,4)43-41(42-39)32-21-22-35-36(25-32)38(31-20-18-27-12-6-8-14-29(27)24-31)34-16-10-9-15-33(34)37(35)30-19-17-26-11-5-7-13-28(26)23-30;27-25-18-16-23(28-25)24-17-19-26(29-24)30(20-10-4-1-5-11-20,21-12-6-2-7-13-21)22-14-8-3-9-15-22;19-18-10-9-17(21-18)16-8-7-15(20-16)14-6-5-12-3-1-2-4-13(12)11-14;16-15-17-14-9-8-13(19-14)12-7-6-11(18-12)10-4-2-1-3-5-10;15-14-9-8-13(17-14)12-7-6-11(16-12)10-4-2-1-3-5-10/h5-25H,1-4H3;1-19H;1-11H;1-9,16H;1-9H.